The van der Waals surface area contributed by atoms with Crippen molar-refractivity contribution in [1.29, 1.82) is 0 Å². The van der Waals surface area contributed by atoms with Gasteiger partial charge in [-0.05, 0) is 36.2 Å². The number of hydrogen-bond donors (Lipinski definition) is 2. The fraction of sp³-hybridized carbons (Fsp3) is 0.304. The molecule has 1 aromatic heterocycles. The van der Waals surface area contributed by atoms with Crippen molar-refractivity contribution >= 4 is 22.7 Å². The van der Waals surface area contributed by atoms with E-state index >= 15 is 0 Å². The van der Waals surface area contributed by atoms with Gasteiger partial charge in [0.05, 0.1) is 6.54 Å². The molecule has 3 rings (SSSR count). The van der Waals surface area contributed by atoms with E-state index in [1.54, 1.807) is 11.9 Å². The summed E-state index contributed by atoms with van der Waals surface area (Å²) in [6.45, 7) is 4.24. The minimum absolute atomic E-state index is 0.140. The van der Waals surface area contributed by atoms with Crippen molar-refractivity contribution < 1.29 is 14.3 Å². The molecule has 2 aromatic carbocycles. The van der Waals surface area contributed by atoms with Crippen molar-refractivity contribution in [2.24, 2.45) is 0 Å². The first kappa shape index (κ1) is 20.5. The second-order valence-corrected chi connectivity index (χ2v) is 7.24. The van der Waals surface area contributed by atoms with E-state index in [0.717, 1.165) is 27.8 Å². The van der Waals surface area contributed by atoms with Gasteiger partial charge in [-0.2, -0.15) is 0 Å². The molecule has 1 unspecified atom stereocenters. The summed E-state index contributed by atoms with van der Waals surface area (Å²) in [5.41, 5.74) is 3.13. The lowest BCUT2D eigenvalue weighted by atomic mass is 10.0. The molecule has 0 spiro atoms. The van der Waals surface area contributed by atoms with Crippen LogP contribution in [-0.4, -0.2) is 47.9 Å². The number of carbonyl (C=O) groups excluding carboxylic acids is 2. The molecule has 0 fully saturated rings. The molecular weight excluding hydrogens is 366 g/mol. The van der Waals surface area contributed by atoms with E-state index in [2.05, 4.69) is 10.3 Å². The third kappa shape index (κ3) is 5.38. The maximum atomic E-state index is 13.0. The summed E-state index contributed by atoms with van der Waals surface area (Å²) in [6, 6.07) is 15.1. The van der Waals surface area contributed by atoms with Crippen LogP contribution in [0.2, 0.25) is 0 Å². The highest BCUT2D eigenvalue weighted by atomic mass is 16.5. The highest BCUT2D eigenvalue weighted by Crippen LogP contribution is 2.19. The van der Waals surface area contributed by atoms with E-state index < -0.39 is 6.04 Å². The molecule has 1 atom stereocenters. The Morgan fingerprint density at radius 2 is 1.97 bits per heavy atom. The first-order chi connectivity index (χ1) is 13.9. The van der Waals surface area contributed by atoms with Crippen LogP contribution in [0.1, 0.15) is 18.1 Å². The minimum Gasteiger partial charge on any atom is -0.492 e. The van der Waals surface area contributed by atoms with Gasteiger partial charge in [-0.1, -0.05) is 30.3 Å². The minimum atomic E-state index is -0.629. The zero-order chi connectivity index (χ0) is 20.8. The Kier molecular flexibility index (Phi) is 6.54. The normalized spacial score (nSPS) is 11.8. The highest BCUT2D eigenvalue weighted by molar-refractivity contribution is 5.89. The number of nitrogens with one attached hydrogen (secondary N) is 2. The van der Waals surface area contributed by atoms with E-state index in [1.165, 1.54) is 6.92 Å². The van der Waals surface area contributed by atoms with E-state index in [-0.39, 0.29) is 11.8 Å². The summed E-state index contributed by atoms with van der Waals surface area (Å²) in [6.07, 6.45) is 2.32. The van der Waals surface area contributed by atoms with Crippen LogP contribution in [0.3, 0.4) is 0 Å². The molecule has 152 valence electrons. The van der Waals surface area contributed by atoms with E-state index in [4.69, 9.17) is 4.74 Å². The predicted octanol–water partition coefficient (Wildman–Crippen LogP) is 3.06. The van der Waals surface area contributed by atoms with E-state index in [1.807, 2.05) is 61.7 Å². The van der Waals surface area contributed by atoms with Crippen LogP contribution in [0, 0.1) is 6.92 Å². The standard InChI is InChI=1S/C23H27N3O3/c1-16-7-6-8-19(13-16)29-12-11-26(3)23(28)22(25-17(2)27)14-18-15-24-21-10-5-4-9-20(18)21/h4-10,13,15,22,24H,11-12,14H2,1-3H3,(H,25,27). The Morgan fingerprint density at radius 1 is 1.17 bits per heavy atom. The predicted molar refractivity (Wildman–Crippen MR) is 114 cm³/mol. The second kappa shape index (κ2) is 9.28. The van der Waals surface area contributed by atoms with Crippen molar-refractivity contribution in [3.63, 3.8) is 0 Å². The summed E-state index contributed by atoms with van der Waals surface area (Å²) in [5, 5.41) is 3.85. The molecule has 1 heterocycles. The number of amides is 2. The van der Waals surface area contributed by atoms with Gasteiger partial charge in [-0.15, -0.1) is 0 Å². The number of aromatic nitrogens is 1. The third-order valence-electron chi connectivity index (χ3n) is 4.84. The van der Waals surface area contributed by atoms with Crippen LogP contribution in [0.5, 0.6) is 5.75 Å². The number of likely N-dealkylation sites (N-methyl/N-ethyl adjacent to an activating group) is 1. The van der Waals surface area contributed by atoms with Crippen molar-refractivity contribution in [2.45, 2.75) is 26.3 Å². The Labute approximate surface area is 170 Å². The number of rotatable bonds is 8. The van der Waals surface area contributed by atoms with Crippen molar-refractivity contribution in [3.8, 4) is 5.75 Å². The first-order valence-electron chi connectivity index (χ1n) is 9.70. The molecule has 3 aromatic rings. The average molecular weight is 393 g/mol. The Balaban J connectivity index is 1.64. The molecule has 2 N–H and O–H groups in total. The molecule has 0 saturated heterocycles. The van der Waals surface area contributed by atoms with Crippen LogP contribution in [0.25, 0.3) is 10.9 Å². The fourth-order valence-corrected chi connectivity index (χ4v) is 3.35. The second-order valence-electron chi connectivity index (χ2n) is 7.24. The van der Waals surface area contributed by atoms with Crippen LogP contribution < -0.4 is 10.1 Å². The third-order valence-corrected chi connectivity index (χ3v) is 4.84. The number of carbonyl (C=O) groups is 2. The quantitative estimate of drug-likeness (QED) is 0.618. The molecule has 2 amide bonds. The number of H-pyrrole nitrogens is 1. The SMILES string of the molecule is CC(=O)NC(Cc1c[nH]c2ccccc12)C(=O)N(C)CCOc1cccc(C)c1. The largest absolute Gasteiger partial charge is 0.492 e. The number of para-hydroxylation sites is 1. The van der Waals surface area contributed by atoms with Gasteiger partial charge in [0.25, 0.3) is 0 Å². The van der Waals surface area contributed by atoms with Gasteiger partial charge in [0, 0.05) is 37.5 Å². The van der Waals surface area contributed by atoms with Gasteiger partial charge in [0.2, 0.25) is 11.8 Å². The molecule has 0 saturated carbocycles. The molecule has 6 heteroatoms. The molecule has 0 bridgehead atoms. The molecule has 0 aliphatic heterocycles. The van der Waals surface area contributed by atoms with Crippen LogP contribution in [-0.2, 0) is 16.0 Å². The van der Waals surface area contributed by atoms with Gasteiger partial charge >= 0.3 is 0 Å². The number of aromatic amines is 1. The summed E-state index contributed by atoms with van der Waals surface area (Å²) < 4.78 is 5.75. The molecular formula is C23H27N3O3. The van der Waals surface area contributed by atoms with E-state index in [0.29, 0.717) is 19.6 Å². The van der Waals surface area contributed by atoms with Crippen molar-refractivity contribution in [2.75, 3.05) is 20.2 Å². The Morgan fingerprint density at radius 3 is 2.72 bits per heavy atom. The lowest BCUT2D eigenvalue weighted by Gasteiger charge is -2.24. The van der Waals surface area contributed by atoms with E-state index in [9.17, 15) is 9.59 Å². The average Bonchev–Trinajstić information content (AvgIpc) is 3.09. The van der Waals surface area contributed by atoms with Gasteiger partial charge in [-0.3, -0.25) is 9.59 Å². The number of benzene rings is 2. The zero-order valence-corrected chi connectivity index (χ0v) is 17.1. The number of nitrogens with zero attached hydrogens (tertiary/aromatic N) is 1. The summed E-state index contributed by atoms with van der Waals surface area (Å²) in [4.78, 5) is 29.5. The van der Waals surface area contributed by atoms with Crippen LogP contribution >= 0.6 is 0 Å². The fourth-order valence-electron chi connectivity index (χ4n) is 3.35. The lowest BCUT2D eigenvalue weighted by molar-refractivity contribution is -0.135. The maximum Gasteiger partial charge on any atom is 0.245 e. The Hall–Kier alpha value is -3.28. The monoisotopic (exact) mass is 393 g/mol. The smallest absolute Gasteiger partial charge is 0.245 e. The molecule has 6 nitrogen and oxygen atoms in total. The summed E-state index contributed by atoms with van der Waals surface area (Å²) in [7, 11) is 1.73. The lowest BCUT2D eigenvalue weighted by Crippen LogP contribution is -2.48. The topological polar surface area (TPSA) is 74.4 Å². The molecule has 0 radical (unpaired) electrons. The first-order valence-corrected chi connectivity index (χ1v) is 9.70. The zero-order valence-electron chi connectivity index (χ0n) is 17.1. The number of fused-ring (bicyclic) bond motifs is 1. The number of aryl methyl sites for hydroxylation is 1. The number of hydrogen-bond acceptors (Lipinski definition) is 3. The van der Waals surface area contributed by atoms with Crippen molar-refractivity contribution in [1.82, 2.24) is 15.2 Å². The number of ether oxygens (including phenoxy) is 1. The molecule has 0 aliphatic carbocycles. The molecule has 29 heavy (non-hydrogen) atoms. The van der Waals surface area contributed by atoms with Crippen LogP contribution in [0.4, 0.5) is 0 Å². The van der Waals surface area contributed by atoms with Crippen LogP contribution in [0.15, 0.2) is 54.7 Å². The van der Waals surface area contributed by atoms with Crippen molar-refractivity contribution in [3.05, 3.63) is 65.9 Å². The molecule has 0 aliphatic rings. The van der Waals surface area contributed by atoms with Gasteiger partial charge in [0.15, 0.2) is 0 Å². The van der Waals surface area contributed by atoms with Gasteiger partial charge in [0.1, 0.15) is 18.4 Å². The van der Waals surface area contributed by atoms with Gasteiger partial charge < -0.3 is 19.9 Å². The summed E-state index contributed by atoms with van der Waals surface area (Å²) >= 11 is 0. The van der Waals surface area contributed by atoms with Gasteiger partial charge in [-0.25, -0.2) is 0 Å². The highest BCUT2D eigenvalue weighted by Gasteiger charge is 2.24. The summed E-state index contributed by atoms with van der Waals surface area (Å²) in [5.74, 6) is 0.411. The Bertz CT molecular complexity index is 996. The maximum absolute atomic E-state index is 13.0.